The van der Waals surface area contributed by atoms with Gasteiger partial charge in [0.15, 0.2) is 0 Å². The zero-order chi connectivity index (χ0) is 14.8. The summed E-state index contributed by atoms with van der Waals surface area (Å²) in [5.74, 6) is 0.189. The number of aromatic amines is 1. The van der Waals surface area contributed by atoms with Crippen LogP contribution in [0.25, 0.3) is 0 Å². The molecule has 0 atom stereocenters. The summed E-state index contributed by atoms with van der Waals surface area (Å²) in [6.45, 7) is 0.391. The number of H-pyrrole nitrogens is 1. The summed E-state index contributed by atoms with van der Waals surface area (Å²) in [6, 6.07) is 2.01. The first kappa shape index (κ1) is 14.6. The third-order valence-electron chi connectivity index (χ3n) is 4.14. The van der Waals surface area contributed by atoms with E-state index in [1.165, 1.54) is 4.57 Å². The molecule has 2 aromatic heterocycles. The summed E-state index contributed by atoms with van der Waals surface area (Å²) in [6.07, 6.45) is 4.87. The quantitative estimate of drug-likeness (QED) is 0.878. The van der Waals surface area contributed by atoms with Crippen molar-refractivity contribution in [3.63, 3.8) is 0 Å². The SMILES string of the molecule is O=c1[nH]c(Cl)c(C2CCCC2)c(=O)n1CCc1ccsc1. The number of halogens is 1. The first-order valence-corrected chi connectivity index (χ1v) is 8.52. The predicted molar refractivity (Wildman–Crippen MR) is 85.6 cm³/mol. The summed E-state index contributed by atoms with van der Waals surface area (Å²) >= 11 is 7.73. The minimum Gasteiger partial charge on any atom is -0.297 e. The number of thiophene rings is 1. The lowest BCUT2D eigenvalue weighted by atomic mass is 10.0. The fourth-order valence-electron chi connectivity index (χ4n) is 3.01. The van der Waals surface area contributed by atoms with E-state index in [-0.39, 0.29) is 16.6 Å². The van der Waals surface area contributed by atoms with Crippen LogP contribution in [0.1, 0.15) is 42.7 Å². The van der Waals surface area contributed by atoms with Crippen LogP contribution in [0.3, 0.4) is 0 Å². The Balaban J connectivity index is 1.94. The van der Waals surface area contributed by atoms with E-state index in [9.17, 15) is 9.59 Å². The molecule has 4 nitrogen and oxygen atoms in total. The Morgan fingerprint density at radius 1 is 1.33 bits per heavy atom. The van der Waals surface area contributed by atoms with Crippen LogP contribution < -0.4 is 11.2 Å². The van der Waals surface area contributed by atoms with Crippen molar-refractivity contribution in [1.82, 2.24) is 9.55 Å². The van der Waals surface area contributed by atoms with Crippen molar-refractivity contribution in [1.29, 1.82) is 0 Å². The Labute approximate surface area is 131 Å². The third-order valence-corrected chi connectivity index (χ3v) is 5.17. The maximum Gasteiger partial charge on any atom is 0.329 e. The molecule has 0 unspecified atom stereocenters. The van der Waals surface area contributed by atoms with Gasteiger partial charge < -0.3 is 0 Å². The second kappa shape index (κ2) is 6.20. The molecule has 6 heteroatoms. The molecule has 112 valence electrons. The topological polar surface area (TPSA) is 54.9 Å². The van der Waals surface area contributed by atoms with E-state index in [1.807, 2.05) is 16.8 Å². The van der Waals surface area contributed by atoms with E-state index in [4.69, 9.17) is 11.6 Å². The molecule has 1 N–H and O–H groups in total. The average molecular weight is 325 g/mol. The summed E-state index contributed by atoms with van der Waals surface area (Å²) in [4.78, 5) is 27.3. The van der Waals surface area contributed by atoms with Gasteiger partial charge in [-0.25, -0.2) is 4.79 Å². The molecule has 1 saturated carbocycles. The Kier molecular flexibility index (Phi) is 4.31. The van der Waals surface area contributed by atoms with Crippen LogP contribution in [0.15, 0.2) is 26.4 Å². The predicted octanol–water partition coefficient (Wildman–Crippen LogP) is 3.15. The van der Waals surface area contributed by atoms with E-state index < -0.39 is 5.69 Å². The smallest absolute Gasteiger partial charge is 0.297 e. The molecule has 2 heterocycles. The Bertz CT molecular complexity index is 727. The van der Waals surface area contributed by atoms with Crippen LogP contribution in [0, 0.1) is 0 Å². The molecule has 3 rings (SSSR count). The minimum absolute atomic E-state index is 0.189. The molecule has 2 aromatic rings. The molecular formula is C15H17ClN2O2S. The van der Waals surface area contributed by atoms with Gasteiger partial charge in [0.25, 0.3) is 5.56 Å². The van der Waals surface area contributed by atoms with Gasteiger partial charge in [0.1, 0.15) is 5.15 Å². The summed E-state index contributed by atoms with van der Waals surface area (Å²) in [5, 5.41) is 4.25. The number of rotatable bonds is 4. The summed E-state index contributed by atoms with van der Waals surface area (Å²) < 4.78 is 1.29. The van der Waals surface area contributed by atoms with Crippen LogP contribution in [0.4, 0.5) is 0 Å². The number of nitrogens with one attached hydrogen (secondary N) is 1. The van der Waals surface area contributed by atoms with Crippen LogP contribution in [0.5, 0.6) is 0 Å². The molecule has 1 fully saturated rings. The summed E-state index contributed by atoms with van der Waals surface area (Å²) in [5.41, 5.74) is 1.11. The molecular weight excluding hydrogens is 308 g/mol. The first-order chi connectivity index (χ1) is 10.2. The molecule has 1 aliphatic carbocycles. The highest BCUT2D eigenvalue weighted by molar-refractivity contribution is 7.07. The van der Waals surface area contributed by atoms with E-state index in [0.29, 0.717) is 18.5 Å². The van der Waals surface area contributed by atoms with Crippen molar-refractivity contribution < 1.29 is 0 Å². The zero-order valence-electron chi connectivity index (χ0n) is 11.6. The van der Waals surface area contributed by atoms with Gasteiger partial charge in [-0.2, -0.15) is 11.3 Å². The van der Waals surface area contributed by atoms with E-state index in [1.54, 1.807) is 11.3 Å². The van der Waals surface area contributed by atoms with Crippen molar-refractivity contribution >= 4 is 22.9 Å². The number of aryl methyl sites for hydroxylation is 1. The number of hydrogen-bond acceptors (Lipinski definition) is 3. The van der Waals surface area contributed by atoms with Gasteiger partial charge in [0.05, 0.1) is 5.56 Å². The maximum atomic E-state index is 12.6. The minimum atomic E-state index is -0.415. The second-order valence-corrected chi connectivity index (χ2v) is 6.64. The van der Waals surface area contributed by atoms with E-state index in [2.05, 4.69) is 4.98 Å². The highest BCUT2D eigenvalue weighted by atomic mass is 35.5. The van der Waals surface area contributed by atoms with Crippen LogP contribution in [-0.4, -0.2) is 9.55 Å². The van der Waals surface area contributed by atoms with Crippen molar-refractivity contribution in [3.8, 4) is 0 Å². The zero-order valence-corrected chi connectivity index (χ0v) is 13.2. The number of nitrogens with zero attached hydrogens (tertiary/aromatic N) is 1. The van der Waals surface area contributed by atoms with Gasteiger partial charge in [-0.3, -0.25) is 14.3 Å². The third kappa shape index (κ3) is 2.99. The molecule has 0 saturated heterocycles. The molecule has 0 spiro atoms. The Morgan fingerprint density at radius 3 is 2.76 bits per heavy atom. The largest absolute Gasteiger partial charge is 0.329 e. The highest BCUT2D eigenvalue weighted by Crippen LogP contribution is 2.34. The fraction of sp³-hybridized carbons (Fsp3) is 0.467. The first-order valence-electron chi connectivity index (χ1n) is 7.20. The van der Waals surface area contributed by atoms with E-state index >= 15 is 0 Å². The monoisotopic (exact) mass is 324 g/mol. The van der Waals surface area contributed by atoms with Crippen molar-refractivity contribution in [2.45, 2.75) is 44.6 Å². The van der Waals surface area contributed by atoms with Gasteiger partial charge in [-0.05, 0) is 47.6 Å². The lowest BCUT2D eigenvalue weighted by Gasteiger charge is -2.13. The second-order valence-electron chi connectivity index (χ2n) is 5.48. The lowest BCUT2D eigenvalue weighted by Crippen LogP contribution is -2.38. The maximum absolute atomic E-state index is 12.6. The van der Waals surface area contributed by atoms with Crippen LogP contribution in [-0.2, 0) is 13.0 Å². The standard InChI is InChI=1S/C15H17ClN2O2S/c16-13-12(11-3-1-2-4-11)14(19)18(15(20)17-13)7-5-10-6-8-21-9-10/h6,8-9,11H,1-5,7H2,(H,17,20). The molecule has 1 aliphatic rings. The Hall–Kier alpha value is -1.33. The molecule has 0 radical (unpaired) electrons. The van der Waals surface area contributed by atoms with Crippen LogP contribution >= 0.6 is 22.9 Å². The average Bonchev–Trinajstić information content (AvgIpc) is 3.10. The molecule has 21 heavy (non-hydrogen) atoms. The van der Waals surface area contributed by atoms with Gasteiger partial charge >= 0.3 is 5.69 Å². The van der Waals surface area contributed by atoms with Crippen molar-refractivity contribution in [3.05, 3.63) is 53.9 Å². The van der Waals surface area contributed by atoms with E-state index in [0.717, 1.165) is 31.2 Å². The molecule has 0 aliphatic heterocycles. The normalized spacial score (nSPS) is 15.7. The van der Waals surface area contributed by atoms with Crippen LogP contribution in [0.2, 0.25) is 5.15 Å². The molecule has 0 amide bonds. The Morgan fingerprint density at radius 2 is 2.10 bits per heavy atom. The number of aromatic nitrogens is 2. The summed E-state index contributed by atoms with van der Waals surface area (Å²) in [7, 11) is 0. The highest BCUT2D eigenvalue weighted by Gasteiger charge is 2.24. The lowest BCUT2D eigenvalue weighted by molar-refractivity contribution is 0.599. The van der Waals surface area contributed by atoms with Crippen molar-refractivity contribution in [2.24, 2.45) is 0 Å². The fourth-order valence-corrected chi connectivity index (χ4v) is 4.03. The van der Waals surface area contributed by atoms with Gasteiger partial charge in [-0.15, -0.1) is 0 Å². The van der Waals surface area contributed by atoms with Crippen molar-refractivity contribution in [2.75, 3.05) is 0 Å². The number of hydrogen-bond donors (Lipinski definition) is 1. The van der Waals surface area contributed by atoms with Gasteiger partial charge in [0, 0.05) is 6.54 Å². The molecule has 0 bridgehead atoms. The van der Waals surface area contributed by atoms with Gasteiger partial charge in [0.2, 0.25) is 0 Å². The van der Waals surface area contributed by atoms with Gasteiger partial charge in [-0.1, -0.05) is 24.4 Å². The molecule has 0 aromatic carbocycles.